The van der Waals surface area contributed by atoms with Gasteiger partial charge in [0.2, 0.25) is 0 Å². The molecule has 0 aromatic carbocycles. The minimum atomic E-state index is 0.257. The second-order valence-corrected chi connectivity index (χ2v) is 4.91. The van der Waals surface area contributed by atoms with Gasteiger partial charge in [0.1, 0.15) is 0 Å². The van der Waals surface area contributed by atoms with Crippen LogP contribution in [-0.4, -0.2) is 11.7 Å². The number of aliphatic hydroxyl groups is 1. The van der Waals surface area contributed by atoms with Gasteiger partial charge in [0.05, 0.1) is 0 Å². The first kappa shape index (κ1) is 7.60. The van der Waals surface area contributed by atoms with Crippen molar-refractivity contribution in [2.75, 3.05) is 6.61 Å². The first-order chi connectivity index (χ1) is 5.12. The molecule has 0 amide bonds. The zero-order valence-electron chi connectivity index (χ0n) is 7.56. The SMILES string of the molecule is CC12CCC(CC1)C2(C)CO. The van der Waals surface area contributed by atoms with Crippen molar-refractivity contribution in [1.29, 1.82) is 0 Å². The van der Waals surface area contributed by atoms with E-state index in [0.29, 0.717) is 12.0 Å². The molecule has 11 heavy (non-hydrogen) atoms. The average Bonchev–Trinajstić information content (AvgIpc) is 2.39. The Hall–Kier alpha value is -0.0400. The molecular weight excluding hydrogens is 136 g/mol. The summed E-state index contributed by atoms with van der Waals surface area (Å²) >= 11 is 0. The minimum absolute atomic E-state index is 0.257. The number of hydrogen-bond acceptors (Lipinski definition) is 1. The molecule has 2 aliphatic carbocycles. The van der Waals surface area contributed by atoms with Gasteiger partial charge in [-0.15, -0.1) is 0 Å². The van der Waals surface area contributed by atoms with E-state index in [1.54, 1.807) is 0 Å². The van der Waals surface area contributed by atoms with Crippen molar-refractivity contribution in [3.8, 4) is 0 Å². The maximum atomic E-state index is 9.37. The summed E-state index contributed by atoms with van der Waals surface area (Å²) in [5, 5.41) is 9.37. The van der Waals surface area contributed by atoms with Crippen molar-refractivity contribution in [2.24, 2.45) is 16.7 Å². The molecule has 0 saturated heterocycles. The smallest absolute Gasteiger partial charge is 0.0492 e. The van der Waals surface area contributed by atoms with Crippen LogP contribution in [0.3, 0.4) is 0 Å². The Morgan fingerprint density at radius 3 is 2.00 bits per heavy atom. The zero-order valence-corrected chi connectivity index (χ0v) is 7.56. The number of rotatable bonds is 1. The Labute approximate surface area is 68.8 Å². The van der Waals surface area contributed by atoms with E-state index in [1.807, 2.05) is 0 Å². The van der Waals surface area contributed by atoms with E-state index in [-0.39, 0.29) is 5.41 Å². The van der Waals surface area contributed by atoms with Gasteiger partial charge < -0.3 is 5.11 Å². The van der Waals surface area contributed by atoms with Crippen LogP contribution >= 0.6 is 0 Å². The van der Waals surface area contributed by atoms with Crippen molar-refractivity contribution >= 4 is 0 Å². The van der Waals surface area contributed by atoms with Gasteiger partial charge in [-0.05, 0) is 42.4 Å². The van der Waals surface area contributed by atoms with E-state index in [0.717, 1.165) is 5.92 Å². The highest BCUT2D eigenvalue weighted by molar-refractivity contribution is 5.07. The maximum absolute atomic E-state index is 9.37. The highest BCUT2D eigenvalue weighted by Gasteiger charge is 2.58. The molecule has 2 rings (SSSR count). The van der Waals surface area contributed by atoms with Crippen molar-refractivity contribution in [3.05, 3.63) is 0 Å². The predicted octanol–water partition coefficient (Wildman–Crippen LogP) is 2.20. The van der Waals surface area contributed by atoms with Gasteiger partial charge in [0.25, 0.3) is 0 Å². The van der Waals surface area contributed by atoms with Crippen LogP contribution in [0.5, 0.6) is 0 Å². The maximum Gasteiger partial charge on any atom is 0.0492 e. The summed E-state index contributed by atoms with van der Waals surface area (Å²) < 4.78 is 0. The van der Waals surface area contributed by atoms with Crippen molar-refractivity contribution in [1.82, 2.24) is 0 Å². The number of fused-ring (bicyclic) bond motifs is 2. The van der Waals surface area contributed by atoms with Crippen molar-refractivity contribution in [3.63, 3.8) is 0 Å². The van der Waals surface area contributed by atoms with Gasteiger partial charge in [-0.1, -0.05) is 13.8 Å². The van der Waals surface area contributed by atoms with E-state index in [4.69, 9.17) is 0 Å². The van der Waals surface area contributed by atoms with Crippen LogP contribution < -0.4 is 0 Å². The molecule has 0 aromatic heterocycles. The van der Waals surface area contributed by atoms with Crippen molar-refractivity contribution in [2.45, 2.75) is 39.5 Å². The Bertz CT molecular complexity index is 168. The molecule has 2 fully saturated rings. The quantitative estimate of drug-likeness (QED) is 0.614. The second kappa shape index (κ2) is 2.01. The van der Waals surface area contributed by atoms with E-state index >= 15 is 0 Å². The second-order valence-electron chi connectivity index (χ2n) is 4.91. The lowest BCUT2D eigenvalue weighted by atomic mass is 9.70. The van der Waals surface area contributed by atoms with E-state index in [9.17, 15) is 5.11 Å². The molecule has 1 unspecified atom stereocenters. The molecule has 2 bridgehead atoms. The zero-order chi connectivity index (χ0) is 8.11. The molecule has 64 valence electrons. The summed E-state index contributed by atoms with van der Waals surface area (Å²) in [5.41, 5.74) is 0.722. The largest absolute Gasteiger partial charge is 0.396 e. The van der Waals surface area contributed by atoms with E-state index in [1.165, 1.54) is 25.7 Å². The van der Waals surface area contributed by atoms with Gasteiger partial charge in [-0.2, -0.15) is 0 Å². The van der Waals surface area contributed by atoms with Gasteiger partial charge in [-0.25, -0.2) is 0 Å². The molecular formula is C10H18O. The van der Waals surface area contributed by atoms with Crippen LogP contribution in [0.15, 0.2) is 0 Å². The molecule has 0 aliphatic heterocycles. The van der Waals surface area contributed by atoms with Gasteiger partial charge >= 0.3 is 0 Å². The van der Waals surface area contributed by atoms with Gasteiger partial charge in [0, 0.05) is 6.61 Å². The summed E-state index contributed by atoms with van der Waals surface area (Å²) in [4.78, 5) is 0. The van der Waals surface area contributed by atoms with Crippen LogP contribution in [0.1, 0.15) is 39.5 Å². The van der Waals surface area contributed by atoms with E-state index in [2.05, 4.69) is 13.8 Å². The minimum Gasteiger partial charge on any atom is -0.396 e. The first-order valence-electron chi connectivity index (χ1n) is 4.73. The van der Waals surface area contributed by atoms with Crippen LogP contribution in [-0.2, 0) is 0 Å². The molecule has 1 N–H and O–H groups in total. The molecule has 0 heterocycles. The summed E-state index contributed by atoms with van der Waals surface area (Å²) in [7, 11) is 0. The van der Waals surface area contributed by atoms with Crippen LogP contribution in [0.4, 0.5) is 0 Å². The lowest BCUT2D eigenvalue weighted by Crippen LogP contribution is -2.34. The summed E-state index contributed by atoms with van der Waals surface area (Å²) in [6.45, 7) is 5.03. The Kier molecular flexibility index (Phi) is 1.39. The van der Waals surface area contributed by atoms with E-state index < -0.39 is 0 Å². The molecule has 1 nitrogen and oxygen atoms in total. The van der Waals surface area contributed by atoms with Crippen LogP contribution in [0.2, 0.25) is 0 Å². The fourth-order valence-electron chi connectivity index (χ4n) is 3.28. The predicted molar refractivity (Wildman–Crippen MR) is 45.3 cm³/mol. The van der Waals surface area contributed by atoms with Crippen LogP contribution in [0, 0.1) is 16.7 Å². The number of hydrogen-bond donors (Lipinski definition) is 1. The van der Waals surface area contributed by atoms with Crippen molar-refractivity contribution < 1.29 is 5.11 Å². The highest BCUT2D eigenvalue weighted by atomic mass is 16.3. The molecule has 2 aliphatic rings. The first-order valence-corrected chi connectivity index (χ1v) is 4.73. The topological polar surface area (TPSA) is 20.2 Å². The average molecular weight is 154 g/mol. The molecule has 0 spiro atoms. The normalized spacial score (nSPS) is 55.4. The standard InChI is InChI=1S/C10H18O/c1-9-5-3-8(4-6-9)10(9,2)7-11/h8,11H,3-7H2,1-2H3. The summed E-state index contributed by atoms with van der Waals surface area (Å²) in [6.07, 6.45) is 5.39. The molecule has 1 atom stereocenters. The third kappa shape index (κ3) is 0.703. The molecule has 2 saturated carbocycles. The third-order valence-corrected chi connectivity index (χ3v) is 4.70. The van der Waals surface area contributed by atoms with Crippen LogP contribution in [0.25, 0.3) is 0 Å². The molecule has 0 aromatic rings. The summed E-state index contributed by atoms with van der Waals surface area (Å²) in [6, 6.07) is 0. The lowest BCUT2D eigenvalue weighted by molar-refractivity contribution is 0.0442. The fraction of sp³-hybridized carbons (Fsp3) is 1.00. The Morgan fingerprint density at radius 1 is 1.27 bits per heavy atom. The molecule has 1 heteroatoms. The monoisotopic (exact) mass is 154 g/mol. The van der Waals surface area contributed by atoms with Gasteiger partial charge in [0.15, 0.2) is 0 Å². The summed E-state index contributed by atoms with van der Waals surface area (Å²) in [5.74, 6) is 0.817. The third-order valence-electron chi connectivity index (χ3n) is 4.70. The lowest BCUT2D eigenvalue weighted by Gasteiger charge is -2.36. The Morgan fingerprint density at radius 2 is 1.82 bits per heavy atom. The Balaban J connectivity index is 2.34. The number of aliphatic hydroxyl groups excluding tert-OH is 1. The fourth-order valence-corrected chi connectivity index (χ4v) is 3.28. The molecule has 0 radical (unpaired) electrons. The van der Waals surface area contributed by atoms with Gasteiger partial charge in [-0.3, -0.25) is 0 Å². The highest BCUT2D eigenvalue weighted by Crippen LogP contribution is 2.65.